The molecule has 88 valence electrons. The third-order valence-electron chi connectivity index (χ3n) is 3.12. The predicted molar refractivity (Wildman–Crippen MR) is 61.5 cm³/mol. The van der Waals surface area contributed by atoms with Crippen LogP contribution in [0.4, 0.5) is 0 Å². The summed E-state index contributed by atoms with van der Waals surface area (Å²) < 4.78 is 0. The van der Waals surface area contributed by atoms with Gasteiger partial charge in [-0.15, -0.1) is 0 Å². The molecule has 0 aliphatic carbocycles. The Morgan fingerprint density at radius 1 is 1.60 bits per heavy atom. The van der Waals surface area contributed by atoms with Gasteiger partial charge in [-0.1, -0.05) is 0 Å². The SMILES string of the molecule is CCN(C[C@H]1CCN(CCN)C1)C(C)=O. The summed E-state index contributed by atoms with van der Waals surface area (Å²) in [6.07, 6.45) is 1.20. The first kappa shape index (κ1) is 12.5. The molecule has 2 N–H and O–H groups in total. The van der Waals surface area contributed by atoms with E-state index in [1.165, 1.54) is 6.42 Å². The number of rotatable bonds is 5. The van der Waals surface area contributed by atoms with Gasteiger partial charge in [0.25, 0.3) is 0 Å². The molecule has 15 heavy (non-hydrogen) atoms. The minimum Gasteiger partial charge on any atom is -0.343 e. The molecule has 0 saturated carbocycles. The molecule has 4 heteroatoms. The van der Waals surface area contributed by atoms with Crippen molar-refractivity contribution in [2.45, 2.75) is 20.3 Å². The monoisotopic (exact) mass is 213 g/mol. The number of hydrogen-bond donors (Lipinski definition) is 1. The highest BCUT2D eigenvalue weighted by atomic mass is 16.2. The summed E-state index contributed by atoms with van der Waals surface area (Å²) in [4.78, 5) is 15.6. The third-order valence-corrected chi connectivity index (χ3v) is 3.12. The van der Waals surface area contributed by atoms with Crippen LogP contribution in [0.5, 0.6) is 0 Å². The largest absolute Gasteiger partial charge is 0.343 e. The van der Waals surface area contributed by atoms with Crippen LogP contribution in [-0.2, 0) is 4.79 Å². The van der Waals surface area contributed by atoms with E-state index in [9.17, 15) is 4.79 Å². The summed E-state index contributed by atoms with van der Waals surface area (Å²) in [6.45, 7) is 9.37. The smallest absolute Gasteiger partial charge is 0.219 e. The van der Waals surface area contributed by atoms with Gasteiger partial charge in [0, 0.05) is 39.6 Å². The molecule has 1 saturated heterocycles. The molecule has 1 fully saturated rings. The predicted octanol–water partition coefficient (Wildman–Crippen LogP) is 0.135. The number of hydrogen-bond acceptors (Lipinski definition) is 3. The van der Waals surface area contributed by atoms with Gasteiger partial charge in [-0.2, -0.15) is 0 Å². The minimum atomic E-state index is 0.190. The van der Waals surface area contributed by atoms with Crippen LogP contribution in [0.15, 0.2) is 0 Å². The summed E-state index contributed by atoms with van der Waals surface area (Å²) in [5, 5.41) is 0. The molecule has 0 unspecified atom stereocenters. The Hall–Kier alpha value is -0.610. The van der Waals surface area contributed by atoms with Crippen LogP contribution in [0.25, 0.3) is 0 Å². The zero-order valence-corrected chi connectivity index (χ0v) is 9.91. The molecule has 0 aromatic rings. The minimum absolute atomic E-state index is 0.190. The van der Waals surface area contributed by atoms with Crippen LogP contribution in [0.2, 0.25) is 0 Å². The average Bonchev–Trinajstić information content (AvgIpc) is 2.62. The Morgan fingerprint density at radius 2 is 2.33 bits per heavy atom. The van der Waals surface area contributed by atoms with Crippen molar-refractivity contribution >= 4 is 5.91 Å². The molecule has 1 atom stereocenters. The van der Waals surface area contributed by atoms with Gasteiger partial charge in [-0.05, 0) is 25.8 Å². The van der Waals surface area contributed by atoms with E-state index in [0.717, 1.165) is 39.3 Å². The van der Waals surface area contributed by atoms with E-state index in [4.69, 9.17) is 5.73 Å². The lowest BCUT2D eigenvalue weighted by Gasteiger charge is -2.23. The standard InChI is InChI=1S/C11H23N3O/c1-3-14(10(2)15)9-11-4-6-13(8-11)7-5-12/h11H,3-9,12H2,1-2H3/t11-/m0/s1. The first-order valence-corrected chi connectivity index (χ1v) is 5.85. The maximum Gasteiger partial charge on any atom is 0.219 e. The molecule has 0 aromatic heterocycles. The molecule has 1 aliphatic rings. The zero-order chi connectivity index (χ0) is 11.3. The van der Waals surface area contributed by atoms with Crippen molar-refractivity contribution in [3.05, 3.63) is 0 Å². The van der Waals surface area contributed by atoms with E-state index in [1.54, 1.807) is 6.92 Å². The third kappa shape index (κ3) is 3.80. The average molecular weight is 213 g/mol. The Bertz CT molecular complexity index is 208. The zero-order valence-electron chi connectivity index (χ0n) is 9.91. The Morgan fingerprint density at radius 3 is 2.87 bits per heavy atom. The quantitative estimate of drug-likeness (QED) is 0.706. The normalized spacial score (nSPS) is 21.9. The van der Waals surface area contributed by atoms with Crippen LogP contribution in [0.3, 0.4) is 0 Å². The maximum absolute atomic E-state index is 11.3. The molecular weight excluding hydrogens is 190 g/mol. The Labute approximate surface area is 92.4 Å². The van der Waals surface area contributed by atoms with Gasteiger partial charge in [-0.3, -0.25) is 4.79 Å². The molecule has 0 spiro atoms. The number of likely N-dealkylation sites (tertiary alicyclic amines) is 1. The fourth-order valence-electron chi connectivity index (χ4n) is 2.24. The van der Waals surface area contributed by atoms with Gasteiger partial charge < -0.3 is 15.5 Å². The highest BCUT2D eigenvalue weighted by Crippen LogP contribution is 2.16. The Kier molecular flexibility index (Phi) is 5.05. The van der Waals surface area contributed by atoms with Crippen molar-refractivity contribution in [1.82, 2.24) is 9.80 Å². The number of nitrogens with zero attached hydrogens (tertiary/aromatic N) is 2. The van der Waals surface area contributed by atoms with Crippen LogP contribution in [-0.4, -0.2) is 55.0 Å². The van der Waals surface area contributed by atoms with E-state index in [2.05, 4.69) is 4.90 Å². The lowest BCUT2D eigenvalue weighted by molar-refractivity contribution is -0.129. The highest BCUT2D eigenvalue weighted by molar-refractivity contribution is 5.73. The van der Waals surface area contributed by atoms with Gasteiger partial charge in [0.15, 0.2) is 0 Å². The molecule has 1 aliphatic heterocycles. The summed E-state index contributed by atoms with van der Waals surface area (Å²) in [5.74, 6) is 0.829. The maximum atomic E-state index is 11.3. The van der Waals surface area contributed by atoms with Crippen molar-refractivity contribution in [3.63, 3.8) is 0 Å². The summed E-state index contributed by atoms with van der Waals surface area (Å²) in [7, 11) is 0. The van der Waals surface area contributed by atoms with Crippen molar-refractivity contribution in [3.8, 4) is 0 Å². The molecule has 0 aromatic carbocycles. The van der Waals surface area contributed by atoms with Gasteiger partial charge in [0.05, 0.1) is 0 Å². The van der Waals surface area contributed by atoms with E-state index < -0.39 is 0 Å². The fourth-order valence-corrected chi connectivity index (χ4v) is 2.24. The van der Waals surface area contributed by atoms with Crippen LogP contribution in [0.1, 0.15) is 20.3 Å². The fraction of sp³-hybridized carbons (Fsp3) is 0.909. The first-order valence-electron chi connectivity index (χ1n) is 5.85. The lowest BCUT2D eigenvalue weighted by Crippen LogP contribution is -2.35. The summed E-state index contributed by atoms with van der Waals surface area (Å²) >= 11 is 0. The second-order valence-electron chi connectivity index (χ2n) is 4.30. The van der Waals surface area contributed by atoms with Gasteiger partial charge in [-0.25, -0.2) is 0 Å². The lowest BCUT2D eigenvalue weighted by atomic mass is 10.1. The van der Waals surface area contributed by atoms with Crippen LogP contribution < -0.4 is 5.73 Å². The molecule has 4 nitrogen and oxygen atoms in total. The van der Waals surface area contributed by atoms with Crippen molar-refractivity contribution in [2.24, 2.45) is 11.7 Å². The van der Waals surface area contributed by atoms with Crippen LogP contribution in [0, 0.1) is 5.92 Å². The highest BCUT2D eigenvalue weighted by Gasteiger charge is 2.23. The van der Waals surface area contributed by atoms with Gasteiger partial charge >= 0.3 is 0 Å². The molecule has 0 bridgehead atoms. The molecule has 1 rings (SSSR count). The first-order chi connectivity index (χ1) is 7.17. The molecule has 1 heterocycles. The summed E-state index contributed by atoms with van der Waals surface area (Å²) in [6, 6.07) is 0. The summed E-state index contributed by atoms with van der Waals surface area (Å²) in [5.41, 5.74) is 5.52. The van der Waals surface area contributed by atoms with Gasteiger partial charge in [0.1, 0.15) is 0 Å². The van der Waals surface area contributed by atoms with E-state index >= 15 is 0 Å². The number of carbonyl (C=O) groups is 1. The topological polar surface area (TPSA) is 49.6 Å². The van der Waals surface area contributed by atoms with E-state index in [-0.39, 0.29) is 5.91 Å². The van der Waals surface area contributed by atoms with E-state index in [0.29, 0.717) is 5.92 Å². The number of nitrogens with two attached hydrogens (primary N) is 1. The molecule has 0 radical (unpaired) electrons. The second kappa shape index (κ2) is 6.08. The van der Waals surface area contributed by atoms with Gasteiger partial charge in [0.2, 0.25) is 5.91 Å². The Balaban J connectivity index is 2.31. The van der Waals surface area contributed by atoms with Crippen molar-refractivity contribution in [1.29, 1.82) is 0 Å². The number of carbonyl (C=O) groups excluding carboxylic acids is 1. The van der Waals surface area contributed by atoms with E-state index in [1.807, 2.05) is 11.8 Å². The van der Waals surface area contributed by atoms with Crippen molar-refractivity contribution in [2.75, 3.05) is 39.3 Å². The van der Waals surface area contributed by atoms with Crippen LogP contribution >= 0.6 is 0 Å². The van der Waals surface area contributed by atoms with Crippen molar-refractivity contribution < 1.29 is 4.79 Å². The second-order valence-corrected chi connectivity index (χ2v) is 4.30. The molecular formula is C11H23N3O. The number of amides is 1. The molecule has 1 amide bonds.